The Morgan fingerprint density at radius 1 is 1.12 bits per heavy atom. The summed E-state index contributed by atoms with van der Waals surface area (Å²) in [5.41, 5.74) is 2.15. The number of ether oxygens (including phenoxy) is 1. The molecule has 0 aliphatic carbocycles. The number of aryl methyl sites for hydroxylation is 1. The minimum absolute atomic E-state index is 0.0824. The number of fused-ring (bicyclic) bond motifs is 1. The van der Waals surface area contributed by atoms with E-state index in [0.717, 1.165) is 5.56 Å². The van der Waals surface area contributed by atoms with Crippen LogP contribution in [0.4, 0.5) is 8.78 Å². The minimum Gasteiger partial charge on any atom is -0.507 e. The zero-order valence-electron chi connectivity index (χ0n) is 13.8. The van der Waals surface area contributed by atoms with Crippen LogP contribution in [-0.2, 0) is 12.8 Å². The van der Waals surface area contributed by atoms with Crippen molar-refractivity contribution in [3.8, 4) is 11.5 Å². The van der Waals surface area contributed by atoms with Crippen molar-refractivity contribution in [2.45, 2.75) is 26.4 Å². The predicted molar refractivity (Wildman–Crippen MR) is 98.7 cm³/mol. The summed E-state index contributed by atoms with van der Waals surface area (Å²) in [5, 5.41) is 11.2. The molecular formula is C19H15Cl2F2NO2. The summed E-state index contributed by atoms with van der Waals surface area (Å²) < 4.78 is 31.0. The molecule has 7 heteroatoms. The van der Waals surface area contributed by atoms with Gasteiger partial charge in [0.15, 0.2) is 0 Å². The number of rotatable bonds is 5. The second-order valence-corrected chi connectivity index (χ2v) is 6.54. The first-order valence-electron chi connectivity index (χ1n) is 7.92. The highest BCUT2D eigenvalue weighted by Gasteiger charge is 2.22. The van der Waals surface area contributed by atoms with E-state index >= 15 is 0 Å². The number of halogens is 4. The average molecular weight is 398 g/mol. The monoisotopic (exact) mass is 397 g/mol. The quantitative estimate of drug-likeness (QED) is 0.573. The van der Waals surface area contributed by atoms with Crippen molar-refractivity contribution in [3.05, 3.63) is 63.3 Å². The Hall–Kier alpha value is -2.11. The number of phenolic OH excluding ortho intramolecular Hbond substituents is 1. The van der Waals surface area contributed by atoms with E-state index in [9.17, 15) is 13.9 Å². The molecule has 3 aromatic rings. The fraction of sp³-hybridized carbons (Fsp3) is 0.211. The van der Waals surface area contributed by atoms with Crippen LogP contribution in [0.1, 0.15) is 23.7 Å². The Morgan fingerprint density at radius 2 is 1.81 bits per heavy atom. The Labute approximate surface area is 159 Å². The van der Waals surface area contributed by atoms with Crippen LogP contribution >= 0.6 is 23.2 Å². The van der Waals surface area contributed by atoms with Crippen LogP contribution in [0, 0.1) is 0 Å². The van der Waals surface area contributed by atoms with Crippen LogP contribution in [0.5, 0.6) is 11.5 Å². The van der Waals surface area contributed by atoms with E-state index in [4.69, 9.17) is 27.9 Å². The molecule has 0 radical (unpaired) electrons. The van der Waals surface area contributed by atoms with Crippen LogP contribution in [-0.4, -0.2) is 16.7 Å². The van der Waals surface area contributed by atoms with Crippen molar-refractivity contribution < 1.29 is 18.6 Å². The average Bonchev–Trinajstić information content (AvgIpc) is 2.60. The SMILES string of the molecule is CCc1nc2c(Cl)ccc(O)c2c(OC(F)F)c1Cc1ccc(Cl)cc1. The maximum absolute atomic E-state index is 13.1. The molecule has 136 valence electrons. The molecule has 0 aliphatic heterocycles. The number of aromatic hydroxyl groups is 1. The maximum Gasteiger partial charge on any atom is 0.387 e. The standard InChI is InChI=1S/C19H15Cl2F2NO2/c1-2-14-12(9-10-3-5-11(20)6-4-10)18(26-19(22)23)16-15(25)8-7-13(21)17(16)24-14/h3-8,19,25H,2,9H2,1H3. The third-order valence-electron chi connectivity index (χ3n) is 4.04. The zero-order chi connectivity index (χ0) is 18.8. The van der Waals surface area contributed by atoms with E-state index in [-0.39, 0.29) is 27.4 Å². The molecule has 1 N–H and O–H groups in total. The summed E-state index contributed by atoms with van der Waals surface area (Å²) in [7, 11) is 0. The molecule has 0 fully saturated rings. The van der Waals surface area contributed by atoms with Gasteiger partial charge in [-0.2, -0.15) is 8.78 Å². The summed E-state index contributed by atoms with van der Waals surface area (Å²) in [5.74, 6) is -0.315. The fourth-order valence-corrected chi connectivity index (χ4v) is 3.20. The molecular weight excluding hydrogens is 383 g/mol. The number of pyridine rings is 1. The highest BCUT2D eigenvalue weighted by molar-refractivity contribution is 6.35. The number of hydrogen-bond acceptors (Lipinski definition) is 3. The second-order valence-electron chi connectivity index (χ2n) is 5.69. The lowest BCUT2D eigenvalue weighted by atomic mass is 9.98. The first-order chi connectivity index (χ1) is 12.4. The van der Waals surface area contributed by atoms with Gasteiger partial charge in [-0.25, -0.2) is 0 Å². The van der Waals surface area contributed by atoms with Crippen molar-refractivity contribution >= 4 is 34.1 Å². The number of hydrogen-bond donors (Lipinski definition) is 1. The number of benzene rings is 2. The fourth-order valence-electron chi connectivity index (χ4n) is 2.87. The molecule has 1 aromatic heterocycles. The predicted octanol–water partition coefficient (Wildman–Crippen LogP) is 6.00. The van der Waals surface area contributed by atoms with Gasteiger partial charge >= 0.3 is 6.61 Å². The van der Waals surface area contributed by atoms with Crippen molar-refractivity contribution in [2.24, 2.45) is 0 Å². The second kappa shape index (κ2) is 7.64. The first kappa shape index (κ1) is 18.7. The normalized spacial score (nSPS) is 11.3. The summed E-state index contributed by atoms with van der Waals surface area (Å²) in [6, 6.07) is 9.85. The maximum atomic E-state index is 13.1. The molecule has 0 spiro atoms. The molecule has 0 unspecified atom stereocenters. The van der Waals surface area contributed by atoms with Gasteiger partial charge in [0.25, 0.3) is 0 Å². The molecule has 0 aliphatic rings. The summed E-state index contributed by atoms with van der Waals surface area (Å²) in [6.07, 6.45) is 0.793. The van der Waals surface area contributed by atoms with Crippen LogP contribution in [0.3, 0.4) is 0 Å². The van der Waals surface area contributed by atoms with Gasteiger partial charge < -0.3 is 9.84 Å². The van der Waals surface area contributed by atoms with Crippen LogP contribution in [0.15, 0.2) is 36.4 Å². The van der Waals surface area contributed by atoms with Gasteiger partial charge in [-0.05, 0) is 36.2 Å². The minimum atomic E-state index is -3.05. The molecule has 3 nitrogen and oxygen atoms in total. The lowest BCUT2D eigenvalue weighted by Gasteiger charge is -2.18. The Kier molecular flexibility index (Phi) is 5.49. The summed E-state index contributed by atoms with van der Waals surface area (Å²) in [4.78, 5) is 4.49. The van der Waals surface area contributed by atoms with Crippen molar-refractivity contribution in [1.29, 1.82) is 0 Å². The van der Waals surface area contributed by atoms with Crippen LogP contribution in [0.25, 0.3) is 10.9 Å². The smallest absolute Gasteiger partial charge is 0.387 e. The van der Waals surface area contributed by atoms with Crippen molar-refractivity contribution in [3.63, 3.8) is 0 Å². The molecule has 0 amide bonds. The Bertz CT molecular complexity index is 947. The largest absolute Gasteiger partial charge is 0.507 e. The zero-order valence-corrected chi connectivity index (χ0v) is 15.3. The van der Waals surface area contributed by atoms with Crippen LogP contribution < -0.4 is 4.74 Å². The lowest BCUT2D eigenvalue weighted by molar-refractivity contribution is -0.0494. The molecule has 2 aromatic carbocycles. The van der Waals surface area contributed by atoms with E-state index in [1.807, 2.05) is 6.92 Å². The van der Waals surface area contributed by atoms with E-state index in [1.54, 1.807) is 24.3 Å². The van der Waals surface area contributed by atoms with Gasteiger partial charge in [0, 0.05) is 22.7 Å². The van der Waals surface area contributed by atoms with E-state index in [0.29, 0.717) is 29.1 Å². The molecule has 0 saturated heterocycles. The van der Waals surface area contributed by atoms with Gasteiger partial charge in [-0.15, -0.1) is 0 Å². The van der Waals surface area contributed by atoms with Gasteiger partial charge in [0.05, 0.1) is 15.9 Å². The Morgan fingerprint density at radius 3 is 2.42 bits per heavy atom. The molecule has 1 heterocycles. The highest BCUT2D eigenvalue weighted by atomic mass is 35.5. The van der Waals surface area contributed by atoms with Crippen molar-refractivity contribution in [2.75, 3.05) is 0 Å². The molecule has 0 bridgehead atoms. The summed E-state index contributed by atoms with van der Waals surface area (Å²) >= 11 is 12.1. The van der Waals surface area contributed by atoms with E-state index < -0.39 is 6.61 Å². The molecule has 0 atom stereocenters. The summed E-state index contributed by atoms with van der Waals surface area (Å²) in [6.45, 7) is -1.18. The van der Waals surface area contributed by atoms with Crippen LogP contribution in [0.2, 0.25) is 10.0 Å². The highest BCUT2D eigenvalue weighted by Crippen LogP contribution is 2.41. The Balaban J connectivity index is 2.27. The third kappa shape index (κ3) is 3.69. The molecule has 26 heavy (non-hydrogen) atoms. The first-order valence-corrected chi connectivity index (χ1v) is 8.68. The number of nitrogens with zero attached hydrogens (tertiary/aromatic N) is 1. The van der Waals surface area contributed by atoms with Gasteiger partial charge in [0.2, 0.25) is 0 Å². The molecule has 3 rings (SSSR count). The topological polar surface area (TPSA) is 42.4 Å². The van der Waals surface area contributed by atoms with E-state index in [2.05, 4.69) is 4.98 Å². The van der Waals surface area contributed by atoms with Gasteiger partial charge in [-0.1, -0.05) is 42.3 Å². The number of aromatic nitrogens is 1. The number of phenols is 1. The third-order valence-corrected chi connectivity index (χ3v) is 4.60. The van der Waals surface area contributed by atoms with Crippen molar-refractivity contribution in [1.82, 2.24) is 4.98 Å². The van der Waals surface area contributed by atoms with Gasteiger partial charge in [-0.3, -0.25) is 4.98 Å². The number of alkyl halides is 2. The van der Waals surface area contributed by atoms with E-state index in [1.165, 1.54) is 12.1 Å². The lowest BCUT2D eigenvalue weighted by Crippen LogP contribution is -2.09. The van der Waals surface area contributed by atoms with Gasteiger partial charge in [0.1, 0.15) is 11.5 Å². The molecule has 0 saturated carbocycles.